The summed E-state index contributed by atoms with van der Waals surface area (Å²) in [6, 6.07) is 1.52. The van der Waals surface area contributed by atoms with Crippen LogP contribution in [0.5, 0.6) is 0 Å². The fourth-order valence-electron chi connectivity index (χ4n) is 4.61. The Morgan fingerprint density at radius 2 is 1.97 bits per heavy atom. The second kappa shape index (κ2) is 10.5. The van der Waals surface area contributed by atoms with Crippen molar-refractivity contribution in [2.24, 2.45) is 27.4 Å². The number of carbonyl (C=O) groups is 1. The van der Waals surface area contributed by atoms with Crippen molar-refractivity contribution in [1.29, 1.82) is 4.78 Å². The maximum absolute atomic E-state index is 13.2. The molecule has 0 bridgehead atoms. The van der Waals surface area contributed by atoms with Gasteiger partial charge in [0.2, 0.25) is 5.90 Å². The predicted octanol–water partition coefficient (Wildman–Crippen LogP) is 0.0968. The molecule has 35 heavy (non-hydrogen) atoms. The standard InChI is InChI=1S/C21H31N9O4S/c22-8-17(20-26-9-14(10-34-20)33-11-18(23)28-30-24)35(25,32)29-21(31)27-19-15-5-1-3-12(15)7-13-4-2-6-16(13)19/h7-8,14,30H,1-6,9-11,22,24H2,(H2,23,28)(H3,25,27,29,31,32). The van der Waals surface area contributed by atoms with Crippen LogP contribution in [0.15, 0.2) is 27.3 Å². The van der Waals surface area contributed by atoms with E-state index < -0.39 is 22.1 Å². The van der Waals surface area contributed by atoms with Crippen molar-refractivity contribution in [3.8, 4) is 0 Å². The molecule has 0 fully saturated rings. The molecule has 1 aliphatic heterocycles. The average Bonchev–Trinajstić information content (AvgIpc) is 3.48. The van der Waals surface area contributed by atoms with Gasteiger partial charge in [-0.25, -0.2) is 34.9 Å². The number of benzene rings is 1. The molecule has 1 aromatic rings. The maximum atomic E-state index is 13.2. The first kappa shape index (κ1) is 24.8. The number of aryl methyl sites for hydroxylation is 2. The molecule has 14 heteroatoms. The zero-order valence-electron chi connectivity index (χ0n) is 19.3. The molecule has 10 N–H and O–H groups in total. The van der Waals surface area contributed by atoms with Crippen molar-refractivity contribution >= 4 is 33.4 Å². The second-order valence-corrected chi connectivity index (χ2v) is 10.3. The van der Waals surface area contributed by atoms with Gasteiger partial charge < -0.3 is 26.3 Å². The molecular formula is C21H31N9O4S. The number of nitrogens with two attached hydrogens (primary N) is 3. The topological polar surface area (TPSA) is 215 Å². The number of urea groups is 1. The van der Waals surface area contributed by atoms with Gasteiger partial charge in [0.15, 0.2) is 9.92 Å². The number of amides is 2. The molecule has 0 spiro atoms. The van der Waals surface area contributed by atoms with Gasteiger partial charge in [-0.3, -0.25) is 0 Å². The van der Waals surface area contributed by atoms with Gasteiger partial charge in [-0.05, 0) is 60.8 Å². The van der Waals surface area contributed by atoms with Crippen LogP contribution in [0.3, 0.4) is 0 Å². The molecule has 4 rings (SSSR count). The molecule has 2 amide bonds. The summed E-state index contributed by atoms with van der Waals surface area (Å²) < 4.78 is 34.8. The van der Waals surface area contributed by atoms with Gasteiger partial charge in [0.25, 0.3) is 0 Å². The van der Waals surface area contributed by atoms with Crippen LogP contribution in [0, 0.1) is 4.78 Å². The van der Waals surface area contributed by atoms with E-state index in [2.05, 4.69) is 31.7 Å². The van der Waals surface area contributed by atoms with Crippen LogP contribution in [0.1, 0.15) is 35.1 Å². The fraction of sp³-hybridized carbons (Fsp3) is 0.476. The fourth-order valence-corrected chi connectivity index (χ4v) is 5.59. The van der Waals surface area contributed by atoms with E-state index >= 15 is 0 Å². The number of amidine groups is 1. The quantitative estimate of drug-likeness (QED) is 0.111. The zero-order valence-corrected chi connectivity index (χ0v) is 20.1. The van der Waals surface area contributed by atoms with Gasteiger partial charge in [-0.2, -0.15) is 0 Å². The molecule has 3 aliphatic rings. The van der Waals surface area contributed by atoms with E-state index in [-0.39, 0.29) is 36.4 Å². The largest absolute Gasteiger partial charge is 0.474 e. The van der Waals surface area contributed by atoms with Gasteiger partial charge in [0.05, 0.1) is 6.54 Å². The smallest absolute Gasteiger partial charge is 0.331 e. The lowest BCUT2D eigenvalue weighted by Crippen LogP contribution is -2.39. The van der Waals surface area contributed by atoms with Crippen LogP contribution in [0.4, 0.5) is 10.5 Å². The van der Waals surface area contributed by atoms with Crippen molar-refractivity contribution in [2.45, 2.75) is 44.6 Å². The summed E-state index contributed by atoms with van der Waals surface area (Å²) in [7, 11) is -3.85. The second-order valence-electron chi connectivity index (χ2n) is 8.50. The van der Waals surface area contributed by atoms with E-state index in [9.17, 15) is 9.00 Å². The minimum Gasteiger partial charge on any atom is -0.474 e. The third-order valence-corrected chi connectivity index (χ3v) is 7.54. The first-order valence-corrected chi connectivity index (χ1v) is 12.9. The Labute approximate surface area is 203 Å². The summed E-state index contributed by atoms with van der Waals surface area (Å²) in [5.41, 5.74) is 18.9. The van der Waals surface area contributed by atoms with E-state index in [0.29, 0.717) is 0 Å². The number of nitrogens with zero attached hydrogens (tertiary/aromatic N) is 2. The Kier molecular flexibility index (Phi) is 7.42. The molecule has 0 aromatic heterocycles. The van der Waals surface area contributed by atoms with E-state index in [1.54, 1.807) is 0 Å². The van der Waals surface area contributed by atoms with E-state index in [0.717, 1.165) is 61.5 Å². The van der Waals surface area contributed by atoms with E-state index in [1.165, 1.54) is 11.1 Å². The third-order valence-electron chi connectivity index (χ3n) is 6.14. The third kappa shape index (κ3) is 5.49. The molecule has 2 atom stereocenters. The zero-order chi connectivity index (χ0) is 25.0. The summed E-state index contributed by atoms with van der Waals surface area (Å²) >= 11 is 0. The number of hydrogen-bond donors (Lipinski definition) is 7. The number of nitrogens with one attached hydrogen (secondary N) is 4. The highest BCUT2D eigenvalue weighted by molar-refractivity contribution is 7.95. The first-order valence-electron chi connectivity index (χ1n) is 11.3. The van der Waals surface area contributed by atoms with E-state index in [1.807, 2.05) is 0 Å². The minimum absolute atomic E-state index is 0.00642. The average molecular weight is 506 g/mol. The number of anilines is 1. The van der Waals surface area contributed by atoms with Crippen molar-refractivity contribution in [3.05, 3.63) is 39.4 Å². The molecule has 13 nitrogen and oxygen atoms in total. The molecule has 1 heterocycles. The Bertz CT molecular complexity index is 1160. The number of hydrazine groups is 1. The summed E-state index contributed by atoms with van der Waals surface area (Å²) in [6.45, 7) is 0.218. The van der Waals surface area contributed by atoms with Crippen LogP contribution in [0.25, 0.3) is 0 Å². The number of aliphatic imine (C=N–C) groups is 1. The molecule has 0 saturated heterocycles. The van der Waals surface area contributed by atoms with Crippen molar-refractivity contribution in [3.63, 3.8) is 0 Å². The number of hydrogen-bond acceptors (Lipinski definition) is 10. The highest BCUT2D eigenvalue weighted by atomic mass is 32.2. The van der Waals surface area contributed by atoms with Crippen molar-refractivity contribution in [2.75, 3.05) is 25.1 Å². The Hall–Kier alpha value is -3.36. The van der Waals surface area contributed by atoms with Crippen LogP contribution in [-0.4, -0.2) is 47.8 Å². The van der Waals surface area contributed by atoms with Gasteiger partial charge in [-0.1, -0.05) is 6.07 Å². The highest BCUT2D eigenvalue weighted by Crippen LogP contribution is 2.38. The van der Waals surface area contributed by atoms with Gasteiger partial charge in [0.1, 0.15) is 30.1 Å². The summed E-state index contributed by atoms with van der Waals surface area (Å²) in [5.74, 6) is 5.11. The van der Waals surface area contributed by atoms with E-state index in [4.69, 9.17) is 31.6 Å². The summed E-state index contributed by atoms with van der Waals surface area (Å²) in [5, 5.41) is 6.45. The highest BCUT2D eigenvalue weighted by Gasteiger charge is 2.29. The molecule has 2 unspecified atom stereocenters. The van der Waals surface area contributed by atoms with Crippen LogP contribution < -0.4 is 32.9 Å². The number of hydrazone groups is 1. The first-order chi connectivity index (χ1) is 16.8. The van der Waals surface area contributed by atoms with Crippen molar-refractivity contribution in [1.82, 2.24) is 10.3 Å². The van der Waals surface area contributed by atoms with Gasteiger partial charge >= 0.3 is 6.03 Å². The lowest BCUT2D eigenvalue weighted by molar-refractivity contribution is 0.0354. The molecule has 0 saturated carbocycles. The SMILES string of the molecule is N=S(=O)(NC(=O)Nc1c2c(cc3c1CCC3)CCC2)C(=CN)C1=NCC(OC/C(N)=N/NN)CO1. The molecule has 1 aromatic carbocycles. The number of fused-ring (bicyclic) bond motifs is 2. The van der Waals surface area contributed by atoms with Crippen LogP contribution in [0.2, 0.25) is 0 Å². The predicted molar refractivity (Wildman–Crippen MR) is 133 cm³/mol. The van der Waals surface area contributed by atoms with Gasteiger partial charge in [0, 0.05) is 11.9 Å². The number of carbonyl (C=O) groups excluding carboxylic acids is 1. The molecule has 190 valence electrons. The normalized spacial score (nSPS) is 21.3. The summed E-state index contributed by atoms with van der Waals surface area (Å²) in [6.07, 6.45) is 6.34. The van der Waals surface area contributed by atoms with Crippen LogP contribution >= 0.6 is 0 Å². The molecule has 2 aliphatic carbocycles. The molecular weight excluding hydrogens is 474 g/mol. The van der Waals surface area contributed by atoms with Crippen molar-refractivity contribution < 1.29 is 18.5 Å². The number of ether oxygens (including phenoxy) is 2. The maximum Gasteiger partial charge on any atom is 0.331 e. The minimum atomic E-state index is -3.85. The summed E-state index contributed by atoms with van der Waals surface area (Å²) in [4.78, 5) is 16.8. The Morgan fingerprint density at radius 1 is 1.29 bits per heavy atom. The lowest BCUT2D eigenvalue weighted by Gasteiger charge is -2.24. The Balaban J connectivity index is 1.42. The lowest BCUT2D eigenvalue weighted by atomic mass is 9.99. The molecule has 0 radical (unpaired) electrons. The number of rotatable bonds is 8. The Morgan fingerprint density at radius 3 is 2.54 bits per heavy atom. The van der Waals surface area contributed by atoms with Crippen LogP contribution in [-0.2, 0) is 45.1 Å². The van der Waals surface area contributed by atoms with Gasteiger partial charge in [-0.15, -0.1) is 5.10 Å². The monoisotopic (exact) mass is 505 g/mol.